The number of nitrogen functional groups attached to an aromatic ring is 1. The number of ether oxygens (including phenoxy) is 2. The van der Waals surface area contributed by atoms with E-state index in [0.717, 1.165) is 11.3 Å². The maximum Gasteiger partial charge on any atom is 0.372 e. The largest absolute Gasteiger partial charge is 0.477 e. The normalized spacial score (nSPS) is 26.1. The third-order valence-corrected chi connectivity index (χ3v) is 5.17. The molecule has 1 aromatic heterocycles. The number of cyclic esters (lactones) is 1. The molecule has 0 aliphatic carbocycles. The molecule has 0 bridgehead atoms. The molecule has 2 aliphatic heterocycles. The van der Waals surface area contributed by atoms with E-state index in [2.05, 4.69) is 20.3 Å². The fourth-order valence-electron chi connectivity index (χ4n) is 3.11. The lowest BCUT2D eigenvalue weighted by Crippen LogP contribution is -2.57. The van der Waals surface area contributed by atoms with Crippen LogP contribution in [-0.2, 0) is 38.3 Å². The SMILES string of the molecule is COCC1CC(C(=O)O)(N2OC[C@H](NC(=O)/C(=N\OC)c3csc(N)n3)C2=O)OC1=O. The Hall–Kier alpha value is -3.30. The van der Waals surface area contributed by atoms with Crippen molar-refractivity contribution < 1.29 is 43.4 Å². The molecule has 3 rings (SSSR count). The maximum atomic E-state index is 12.8. The van der Waals surface area contributed by atoms with Crippen LogP contribution in [0.15, 0.2) is 10.5 Å². The van der Waals surface area contributed by atoms with Crippen LogP contribution in [0.5, 0.6) is 0 Å². The summed E-state index contributed by atoms with van der Waals surface area (Å²) in [4.78, 5) is 63.3. The molecule has 2 unspecified atom stereocenters. The number of oxime groups is 1. The number of hydrogen-bond acceptors (Lipinski definition) is 12. The van der Waals surface area contributed by atoms with Crippen molar-refractivity contribution in [3.05, 3.63) is 11.1 Å². The molecular formula is C16H19N5O9S. The number of anilines is 1. The fraction of sp³-hybridized carbons (Fsp3) is 0.500. The van der Waals surface area contributed by atoms with Gasteiger partial charge in [0.15, 0.2) is 10.8 Å². The topological polar surface area (TPSA) is 192 Å². The van der Waals surface area contributed by atoms with Gasteiger partial charge in [-0.15, -0.1) is 11.3 Å². The summed E-state index contributed by atoms with van der Waals surface area (Å²) in [5.74, 6) is -5.10. The molecule has 3 heterocycles. The first-order valence-electron chi connectivity index (χ1n) is 8.79. The van der Waals surface area contributed by atoms with Crippen molar-refractivity contribution in [1.29, 1.82) is 0 Å². The van der Waals surface area contributed by atoms with Gasteiger partial charge in [0.2, 0.25) is 0 Å². The molecule has 0 spiro atoms. The number of carboxylic acid groups (broad SMARTS) is 1. The minimum Gasteiger partial charge on any atom is -0.477 e. The highest BCUT2D eigenvalue weighted by Gasteiger charge is 2.62. The number of hydroxylamine groups is 2. The number of amides is 2. The van der Waals surface area contributed by atoms with Crippen LogP contribution in [-0.4, -0.2) is 83.8 Å². The van der Waals surface area contributed by atoms with E-state index in [4.69, 9.17) is 20.0 Å². The third-order valence-electron chi connectivity index (χ3n) is 4.49. The van der Waals surface area contributed by atoms with E-state index < -0.39 is 48.0 Å². The molecule has 2 fully saturated rings. The number of thiazole rings is 1. The molecule has 0 saturated carbocycles. The van der Waals surface area contributed by atoms with Gasteiger partial charge >= 0.3 is 17.7 Å². The van der Waals surface area contributed by atoms with E-state index in [1.54, 1.807) is 0 Å². The van der Waals surface area contributed by atoms with Gasteiger partial charge in [0.1, 0.15) is 25.5 Å². The molecule has 3 atom stereocenters. The first-order chi connectivity index (χ1) is 14.7. The van der Waals surface area contributed by atoms with Crippen molar-refractivity contribution in [2.45, 2.75) is 18.2 Å². The van der Waals surface area contributed by atoms with Crippen LogP contribution in [0.25, 0.3) is 0 Å². The first-order valence-corrected chi connectivity index (χ1v) is 9.67. The molecule has 2 saturated heterocycles. The summed E-state index contributed by atoms with van der Waals surface area (Å²) >= 11 is 1.07. The summed E-state index contributed by atoms with van der Waals surface area (Å²) in [5.41, 5.74) is 3.07. The Morgan fingerprint density at radius 1 is 1.48 bits per heavy atom. The second kappa shape index (κ2) is 8.83. The van der Waals surface area contributed by atoms with Gasteiger partial charge in [0.25, 0.3) is 11.8 Å². The monoisotopic (exact) mass is 457 g/mol. The number of nitrogens with two attached hydrogens (primary N) is 1. The summed E-state index contributed by atoms with van der Waals surface area (Å²) < 4.78 is 9.92. The van der Waals surface area contributed by atoms with E-state index >= 15 is 0 Å². The number of aliphatic carboxylic acids is 1. The van der Waals surface area contributed by atoms with Gasteiger partial charge in [0, 0.05) is 18.9 Å². The highest BCUT2D eigenvalue weighted by molar-refractivity contribution is 7.13. The van der Waals surface area contributed by atoms with Gasteiger partial charge in [-0.25, -0.2) is 9.78 Å². The van der Waals surface area contributed by atoms with Crippen LogP contribution >= 0.6 is 11.3 Å². The summed E-state index contributed by atoms with van der Waals surface area (Å²) in [7, 11) is 2.56. The van der Waals surface area contributed by atoms with E-state index in [1.807, 2.05) is 0 Å². The van der Waals surface area contributed by atoms with Crippen molar-refractivity contribution in [2.24, 2.45) is 11.1 Å². The zero-order valence-corrected chi connectivity index (χ0v) is 17.2. The molecule has 2 aliphatic rings. The standard InChI is InChI=1S/C16H19N5O9S/c1-27-4-7-3-16(14(25)26,30-13(7)24)21-12(23)8(5-29-21)18-11(22)10(20-28-2)9-6-31-15(17)19-9/h6-8H,3-5H2,1-2H3,(H2,17,19)(H,18,22)(H,25,26)/b20-10-/t7?,8-,16?/m0/s1. The van der Waals surface area contributed by atoms with Crippen LogP contribution in [0.2, 0.25) is 0 Å². The van der Waals surface area contributed by atoms with E-state index in [1.165, 1.54) is 19.6 Å². The first kappa shape index (κ1) is 22.4. The molecule has 168 valence electrons. The Balaban J connectivity index is 1.77. The molecule has 2 amide bonds. The molecule has 1 aromatic rings. The smallest absolute Gasteiger partial charge is 0.372 e. The predicted molar refractivity (Wildman–Crippen MR) is 101 cm³/mol. The number of rotatable bonds is 8. The van der Waals surface area contributed by atoms with E-state index in [-0.39, 0.29) is 29.6 Å². The van der Waals surface area contributed by atoms with Crippen molar-refractivity contribution >= 4 is 45.9 Å². The Morgan fingerprint density at radius 3 is 2.81 bits per heavy atom. The lowest BCUT2D eigenvalue weighted by Gasteiger charge is -2.30. The molecule has 0 radical (unpaired) electrons. The number of hydrogen-bond donors (Lipinski definition) is 3. The zero-order chi connectivity index (χ0) is 22.8. The van der Waals surface area contributed by atoms with Gasteiger partial charge in [-0.3, -0.25) is 19.2 Å². The Bertz CT molecular complexity index is 934. The van der Waals surface area contributed by atoms with Gasteiger partial charge in [0.05, 0.1) is 12.5 Å². The quantitative estimate of drug-likeness (QED) is 0.229. The molecule has 15 heteroatoms. The zero-order valence-electron chi connectivity index (χ0n) is 16.4. The number of carbonyl (C=O) groups excluding carboxylic acids is 3. The van der Waals surface area contributed by atoms with Gasteiger partial charge in [-0.1, -0.05) is 5.16 Å². The fourth-order valence-corrected chi connectivity index (χ4v) is 3.66. The minimum absolute atomic E-state index is 0.0936. The van der Waals surface area contributed by atoms with Crippen LogP contribution in [0, 0.1) is 5.92 Å². The van der Waals surface area contributed by atoms with Crippen LogP contribution < -0.4 is 11.1 Å². The number of nitrogens with zero attached hydrogens (tertiary/aromatic N) is 3. The maximum absolute atomic E-state index is 12.8. The molecule has 0 aromatic carbocycles. The number of esters is 1. The van der Waals surface area contributed by atoms with Crippen LogP contribution in [0.4, 0.5) is 5.13 Å². The molecular weight excluding hydrogens is 438 g/mol. The van der Waals surface area contributed by atoms with Crippen LogP contribution in [0.3, 0.4) is 0 Å². The van der Waals surface area contributed by atoms with E-state index in [9.17, 15) is 24.3 Å². The predicted octanol–water partition coefficient (Wildman–Crippen LogP) is -1.68. The van der Waals surface area contributed by atoms with Crippen LogP contribution in [0.1, 0.15) is 12.1 Å². The van der Waals surface area contributed by atoms with Crippen molar-refractivity contribution in [3.63, 3.8) is 0 Å². The van der Waals surface area contributed by atoms with Crippen molar-refractivity contribution in [2.75, 3.05) is 33.2 Å². The van der Waals surface area contributed by atoms with Gasteiger partial charge < -0.3 is 30.5 Å². The Kier molecular flexibility index (Phi) is 6.37. The second-order valence-electron chi connectivity index (χ2n) is 6.51. The number of carboxylic acids is 1. The summed E-state index contributed by atoms with van der Waals surface area (Å²) in [6.45, 7) is -0.491. The second-order valence-corrected chi connectivity index (χ2v) is 7.40. The molecule has 4 N–H and O–H groups in total. The van der Waals surface area contributed by atoms with Crippen molar-refractivity contribution in [1.82, 2.24) is 15.4 Å². The number of aromatic nitrogens is 1. The summed E-state index contributed by atoms with van der Waals surface area (Å²) in [5, 5.41) is 17.8. The lowest BCUT2D eigenvalue weighted by molar-refractivity contribution is -0.256. The van der Waals surface area contributed by atoms with Gasteiger partial charge in [-0.2, -0.15) is 5.06 Å². The highest BCUT2D eigenvalue weighted by atomic mass is 32.1. The number of methoxy groups -OCH3 is 1. The summed E-state index contributed by atoms with van der Waals surface area (Å²) in [6.07, 6.45) is -0.379. The lowest BCUT2D eigenvalue weighted by atomic mass is 10.0. The molecule has 14 nitrogen and oxygen atoms in total. The Labute approximate surface area is 178 Å². The average molecular weight is 457 g/mol. The Morgan fingerprint density at radius 2 is 2.23 bits per heavy atom. The van der Waals surface area contributed by atoms with Crippen molar-refractivity contribution in [3.8, 4) is 0 Å². The van der Waals surface area contributed by atoms with E-state index in [0.29, 0.717) is 5.06 Å². The minimum atomic E-state index is -2.37. The summed E-state index contributed by atoms with van der Waals surface area (Å²) in [6, 6.07) is -1.28. The third kappa shape index (κ3) is 4.14. The average Bonchev–Trinajstić information content (AvgIpc) is 3.39. The number of carbonyl (C=O) groups is 4. The number of nitrogens with one attached hydrogen (secondary N) is 1. The highest BCUT2D eigenvalue weighted by Crippen LogP contribution is 2.37. The van der Waals surface area contributed by atoms with Gasteiger partial charge in [-0.05, 0) is 0 Å². The molecule has 31 heavy (non-hydrogen) atoms.